The highest BCUT2D eigenvalue weighted by atomic mass is 16.5. The van der Waals surface area contributed by atoms with E-state index in [4.69, 9.17) is 10.5 Å². The predicted molar refractivity (Wildman–Crippen MR) is 46.3 cm³/mol. The molecule has 1 aliphatic heterocycles. The molecule has 0 aromatic heterocycles. The monoisotopic (exact) mass is 155 g/mol. The van der Waals surface area contributed by atoms with Gasteiger partial charge in [0.05, 0.1) is 6.61 Å². The Kier molecular flexibility index (Phi) is 3.09. The van der Waals surface area contributed by atoms with Crippen molar-refractivity contribution in [2.45, 2.75) is 26.3 Å². The van der Waals surface area contributed by atoms with Crippen LogP contribution in [0.25, 0.3) is 0 Å². The Bertz CT molecular complexity index is 146. The second kappa shape index (κ2) is 3.88. The zero-order valence-corrected chi connectivity index (χ0v) is 7.34. The van der Waals surface area contributed by atoms with E-state index in [9.17, 15) is 0 Å². The van der Waals surface area contributed by atoms with Crippen molar-refractivity contribution in [3.05, 3.63) is 11.6 Å². The fraction of sp³-hybridized carbons (Fsp3) is 0.778. The van der Waals surface area contributed by atoms with Crippen LogP contribution in [0.15, 0.2) is 11.6 Å². The van der Waals surface area contributed by atoms with Crippen LogP contribution < -0.4 is 5.73 Å². The summed E-state index contributed by atoms with van der Waals surface area (Å²) in [4.78, 5) is 0. The smallest absolute Gasteiger partial charge is 0.0529 e. The van der Waals surface area contributed by atoms with Gasteiger partial charge in [-0.3, -0.25) is 0 Å². The molecule has 0 amide bonds. The maximum atomic E-state index is 5.70. The topological polar surface area (TPSA) is 35.2 Å². The van der Waals surface area contributed by atoms with Crippen LogP contribution in [0.5, 0.6) is 0 Å². The van der Waals surface area contributed by atoms with Crippen molar-refractivity contribution >= 4 is 0 Å². The van der Waals surface area contributed by atoms with Crippen molar-refractivity contribution in [2.24, 2.45) is 11.7 Å². The Balaban J connectivity index is 2.42. The molecule has 1 aliphatic rings. The molecule has 0 aromatic rings. The highest BCUT2D eigenvalue weighted by Crippen LogP contribution is 2.16. The van der Waals surface area contributed by atoms with Gasteiger partial charge in [-0.25, -0.2) is 0 Å². The lowest BCUT2D eigenvalue weighted by Gasteiger charge is -2.07. The van der Waals surface area contributed by atoms with Crippen LogP contribution in [0, 0.1) is 5.92 Å². The molecular weight excluding hydrogens is 138 g/mol. The van der Waals surface area contributed by atoms with Crippen molar-refractivity contribution in [3.8, 4) is 0 Å². The lowest BCUT2D eigenvalue weighted by atomic mass is 10.0. The Labute approximate surface area is 68.4 Å². The number of hydrogen-bond donors (Lipinski definition) is 1. The average Bonchev–Trinajstić information content (AvgIpc) is 2.39. The molecule has 2 N–H and O–H groups in total. The lowest BCUT2D eigenvalue weighted by Crippen LogP contribution is -2.17. The molecule has 0 saturated carbocycles. The molecule has 0 aliphatic carbocycles. The zero-order valence-electron chi connectivity index (χ0n) is 7.34. The van der Waals surface area contributed by atoms with Gasteiger partial charge >= 0.3 is 0 Å². The zero-order chi connectivity index (χ0) is 8.27. The van der Waals surface area contributed by atoms with Crippen LogP contribution in [0.4, 0.5) is 0 Å². The van der Waals surface area contributed by atoms with E-state index >= 15 is 0 Å². The number of hydrogen-bond acceptors (Lipinski definition) is 2. The van der Waals surface area contributed by atoms with E-state index in [1.165, 1.54) is 5.57 Å². The quantitative estimate of drug-likeness (QED) is 0.610. The van der Waals surface area contributed by atoms with Crippen LogP contribution >= 0.6 is 0 Å². The van der Waals surface area contributed by atoms with Crippen LogP contribution in [0.2, 0.25) is 0 Å². The van der Waals surface area contributed by atoms with Crippen LogP contribution in [0.1, 0.15) is 20.3 Å². The van der Waals surface area contributed by atoms with Crippen LogP contribution in [-0.2, 0) is 4.74 Å². The van der Waals surface area contributed by atoms with E-state index in [1.54, 1.807) is 0 Å². The molecule has 0 bridgehead atoms. The van der Waals surface area contributed by atoms with Crippen molar-refractivity contribution in [1.82, 2.24) is 0 Å². The molecule has 64 valence electrons. The molecule has 0 aromatic carbocycles. The molecule has 2 nitrogen and oxygen atoms in total. The summed E-state index contributed by atoms with van der Waals surface area (Å²) in [6.45, 7) is 5.89. The first-order valence-electron chi connectivity index (χ1n) is 4.22. The minimum Gasteiger partial charge on any atom is -0.381 e. The molecule has 0 radical (unpaired) electrons. The Morgan fingerprint density at radius 1 is 1.73 bits per heavy atom. The van der Waals surface area contributed by atoms with Crippen molar-refractivity contribution in [2.75, 3.05) is 13.2 Å². The third-order valence-electron chi connectivity index (χ3n) is 2.18. The van der Waals surface area contributed by atoms with Gasteiger partial charge in [-0.05, 0) is 20.3 Å². The van der Waals surface area contributed by atoms with Crippen molar-refractivity contribution in [3.63, 3.8) is 0 Å². The molecule has 2 heteroatoms. The highest BCUT2D eigenvalue weighted by molar-refractivity contribution is 5.07. The fourth-order valence-electron chi connectivity index (χ4n) is 1.21. The first-order chi connectivity index (χ1) is 5.20. The van der Waals surface area contributed by atoms with Gasteiger partial charge in [0.2, 0.25) is 0 Å². The van der Waals surface area contributed by atoms with E-state index in [0.717, 1.165) is 19.6 Å². The van der Waals surface area contributed by atoms with Gasteiger partial charge in [0.25, 0.3) is 0 Å². The van der Waals surface area contributed by atoms with Crippen LogP contribution in [-0.4, -0.2) is 19.3 Å². The van der Waals surface area contributed by atoms with Gasteiger partial charge in [-0.2, -0.15) is 0 Å². The third-order valence-corrected chi connectivity index (χ3v) is 2.18. The standard InChI is InChI=1S/C9H17NO/c1-7(8(2)10)5-9-3-4-11-6-9/h5,8-9H,3-4,6,10H2,1-2H3. The summed E-state index contributed by atoms with van der Waals surface area (Å²) in [5.41, 5.74) is 6.98. The molecule has 1 saturated heterocycles. The molecule has 1 heterocycles. The van der Waals surface area contributed by atoms with E-state index in [-0.39, 0.29) is 6.04 Å². The van der Waals surface area contributed by atoms with Crippen molar-refractivity contribution in [1.29, 1.82) is 0 Å². The van der Waals surface area contributed by atoms with Gasteiger partial charge in [-0.1, -0.05) is 11.6 Å². The summed E-state index contributed by atoms with van der Waals surface area (Å²) in [7, 11) is 0. The van der Waals surface area contributed by atoms with Gasteiger partial charge < -0.3 is 10.5 Å². The number of rotatable bonds is 2. The first kappa shape index (κ1) is 8.75. The summed E-state index contributed by atoms with van der Waals surface area (Å²) in [5.74, 6) is 0.612. The fourth-order valence-corrected chi connectivity index (χ4v) is 1.21. The van der Waals surface area contributed by atoms with Gasteiger partial charge in [0, 0.05) is 18.6 Å². The Hall–Kier alpha value is -0.340. The minimum absolute atomic E-state index is 0.190. The Morgan fingerprint density at radius 2 is 2.45 bits per heavy atom. The number of nitrogens with two attached hydrogens (primary N) is 1. The van der Waals surface area contributed by atoms with Crippen LogP contribution in [0.3, 0.4) is 0 Å². The predicted octanol–water partition coefficient (Wildman–Crippen LogP) is 1.32. The summed E-state index contributed by atoms with van der Waals surface area (Å²) >= 11 is 0. The molecule has 0 spiro atoms. The van der Waals surface area contributed by atoms with Gasteiger partial charge in [0.15, 0.2) is 0 Å². The normalized spacial score (nSPS) is 29.0. The molecule has 1 fully saturated rings. The van der Waals surface area contributed by atoms with E-state index in [0.29, 0.717) is 5.92 Å². The van der Waals surface area contributed by atoms with E-state index in [2.05, 4.69) is 13.0 Å². The number of ether oxygens (including phenoxy) is 1. The van der Waals surface area contributed by atoms with Gasteiger partial charge in [0.1, 0.15) is 0 Å². The van der Waals surface area contributed by atoms with E-state index < -0.39 is 0 Å². The second-order valence-corrected chi connectivity index (χ2v) is 3.32. The Morgan fingerprint density at radius 3 is 2.91 bits per heavy atom. The van der Waals surface area contributed by atoms with Crippen molar-refractivity contribution < 1.29 is 4.74 Å². The maximum absolute atomic E-state index is 5.70. The summed E-state index contributed by atoms with van der Waals surface area (Å²) < 4.78 is 5.25. The third kappa shape index (κ3) is 2.64. The molecule has 11 heavy (non-hydrogen) atoms. The molecule has 2 unspecified atom stereocenters. The van der Waals surface area contributed by atoms with Gasteiger partial charge in [-0.15, -0.1) is 0 Å². The summed E-state index contributed by atoms with van der Waals surface area (Å²) in [6.07, 6.45) is 3.40. The summed E-state index contributed by atoms with van der Waals surface area (Å²) in [6, 6.07) is 0.190. The van der Waals surface area contributed by atoms with E-state index in [1.807, 2.05) is 6.92 Å². The lowest BCUT2D eigenvalue weighted by molar-refractivity contribution is 0.191. The summed E-state index contributed by atoms with van der Waals surface area (Å²) in [5, 5.41) is 0. The molecule has 2 atom stereocenters. The maximum Gasteiger partial charge on any atom is 0.0529 e. The largest absolute Gasteiger partial charge is 0.381 e. The first-order valence-corrected chi connectivity index (χ1v) is 4.22. The molecule has 1 rings (SSSR count). The minimum atomic E-state index is 0.190. The molecular formula is C9H17NO. The highest BCUT2D eigenvalue weighted by Gasteiger charge is 2.13. The second-order valence-electron chi connectivity index (χ2n) is 3.32. The SMILES string of the molecule is CC(=CC1CCOC1)C(C)N. The average molecular weight is 155 g/mol.